The molecule has 0 spiro atoms. The molecule has 1 aliphatic rings. The summed E-state index contributed by atoms with van der Waals surface area (Å²) in [6, 6.07) is 15.8. The fraction of sp³-hybridized carbons (Fsp3) is 0.278. The molecule has 1 aliphatic heterocycles. The van der Waals surface area contributed by atoms with E-state index in [1.54, 1.807) is 0 Å². The summed E-state index contributed by atoms with van der Waals surface area (Å²) in [5, 5.41) is 0. The van der Waals surface area contributed by atoms with E-state index in [-0.39, 0.29) is 5.91 Å². The molecule has 1 amide bonds. The molecule has 3 rings (SSSR count). The van der Waals surface area contributed by atoms with E-state index in [0.29, 0.717) is 0 Å². The van der Waals surface area contributed by atoms with E-state index in [0.717, 1.165) is 30.0 Å². The number of anilines is 1. The number of hydrogen-bond acceptors (Lipinski definition) is 2. The molecule has 0 saturated carbocycles. The molecule has 0 bridgehead atoms. The van der Waals surface area contributed by atoms with Gasteiger partial charge in [0, 0.05) is 12.2 Å². The van der Waals surface area contributed by atoms with Gasteiger partial charge in [0.05, 0.1) is 0 Å². The van der Waals surface area contributed by atoms with Crippen molar-refractivity contribution >= 4 is 11.6 Å². The van der Waals surface area contributed by atoms with Gasteiger partial charge in [0.15, 0.2) is 6.10 Å². The molecular weight excluding hydrogens is 262 g/mol. The molecule has 2 aromatic carbocycles. The van der Waals surface area contributed by atoms with Crippen LogP contribution in [0, 0.1) is 6.92 Å². The van der Waals surface area contributed by atoms with Gasteiger partial charge in [0.2, 0.25) is 0 Å². The zero-order valence-electron chi connectivity index (χ0n) is 12.4. The number of carbonyl (C=O) groups is 1. The average Bonchev–Trinajstić information content (AvgIpc) is 2.92. The fourth-order valence-electron chi connectivity index (χ4n) is 2.72. The lowest BCUT2D eigenvalue weighted by Crippen LogP contribution is -2.39. The molecule has 1 atom stereocenters. The topological polar surface area (TPSA) is 29.5 Å². The minimum Gasteiger partial charge on any atom is -0.481 e. The predicted octanol–water partition coefficient (Wildman–Crippen LogP) is 3.35. The SMILES string of the molecule is Cc1ccccc1O[C@H](C)C(=O)N1CCc2ccccc21. The van der Waals surface area contributed by atoms with Crippen LogP contribution in [0.25, 0.3) is 0 Å². The average molecular weight is 281 g/mol. The van der Waals surface area contributed by atoms with Crippen LogP contribution in [0.3, 0.4) is 0 Å². The minimum atomic E-state index is -0.489. The number of aryl methyl sites for hydroxylation is 1. The summed E-state index contributed by atoms with van der Waals surface area (Å²) in [5.74, 6) is 0.786. The van der Waals surface area contributed by atoms with Crippen LogP contribution in [0.15, 0.2) is 48.5 Å². The molecule has 0 saturated heterocycles. The fourth-order valence-corrected chi connectivity index (χ4v) is 2.72. The Morgan fingerprint density at radius 2 is 1.86 bits per heavy atom. The first-order valence-corrected chi connectivity index (χ1v) is 7.28. The molecule has 0 radical (unpaired) electrons. The molecule has 108 valence electrons. The highest BCUT2D eigenvalue weighted by atomic mass is 16.5. The van der Waals surface area contributed by atoms with E-state index in [1.807, 2.05) is 61.2 Å². The minimum absolute atomic E-state index is 0.0169. The summed E-state index contributed by atoms with van der Waals surface area (Å²) < 4.78 is 5.84. The maximum absolute atomic E-state index is 12.6. The summed E-state index contributed by atoms with van der Waals surface area (Å²) in [5.41, 5.74) is 3.29. The number of rotatable bonds is 3. The van der Waals surface area contributed by atoms with Gasteiger partial charge in [-0.1, -0.05) is 36.4 Å². The van der Waals surface area contributed by atoms with Crippen molar-refractivity contribution in [2.45, 2.75) is 26.4 Å². The van der Waals surface area contributed by atoms with Gasteiger partial charge in [-0.3, -0.25) is 4.79 Å². The monoisotopic (exact) mass is 281 g/mol. The third-order valence-electron chi connectivity index (χ3n) is 3.90. The molecule has 0 aliphatic carbocycles. The van der Waals surface area contributed by atoms with Crippen molar-refractivity contribution in [2.75, 3.05) is 11.4 Å². The maximum Gasteiger partial charge on any atom is 0.267 e. The summed E-state index contributed by atoms with van der Waals surface area (Å²) >= 11 is 0. The first-order valence-electron chi connectivity index (χ1n) is 7.28. The number of para-hydroxylation sites is 2. The van der Waals surface area contributed by atoms with Gasteiger partial charge in [-0.2, -0.15) is 0 Å². The van der Waals surface area contributed by atoms with Crippen molar-refractivity contribution in [1.29, 1.82) is 0 Å². The Morgan fingerprint density at radius 3 is 2.67 bits per heavy atom. The van der Waals surface area contributed by atoms with E-state index in [1.165, 1.54) is 5.56 Å². The lowest BCUT2D eigenvalue weighted by atomic mass is 10.2. The molecule has 0 unspecified atom stereocenters. The number of carbonyl (C=O) groups excluding carboxylic acids is 1. The summed E-state index contributed by atoms with van der Waals surface area (Å²) in [7, 11) is 0. The van der Waals surface area contributed by atoms with Gasteiger partial charge < -0.3 is 9.64 Å². The van der Waals surface area contributed by atoms with Crippen LogP contribution in [0.2, 0.25) is 0 Å². The van der Waals surface area contributed by atoms with E-state index < -0.39 is 6.10 Å². The highest BCUT2D eigenvalue weighted by Gasteiger charge is 2.28. The first-order chi connectivity index (χ1) is 10.2. The van der Waals surface area contributed by atoms with Crippen LogP contribution >= 0.6 is 0 Å². The van der Waals surface area contributed by atoms with Crippen molar-refractivity contribution in [2.24, 2.45) is 0 Å². The van der Waals surface area contributed by atoms with Crippen LogP contribution in [-0.4, -0.2) is 18.6 Å². The van der Waals surface area contributed by atoms with E-state index in [2.05, 4.69) is 6.07 Å². The number of amides is 1. The van der Waals surface area contributed by atoms with Crippen molar-refractivity contribution in [1.82, 2.24) is 0 Å². The van der Waals surface area contributed by atoms with Gasteiger partial charge in [-0.15, -0.1) is 0 Å². The molecule has 0 aromatic heterocycles. The summed E-state index contributed by atoms with van der Waals surface area (Å²) in [4.78, 5) is 14.5. The Kier molecular flexibility index (Phi) is 3.65. The van der Waals surface area contributed by atoms with Gasteiger partial charge in [-0.05, 0) is 43.5 Å². The van der Waals surface area contributed by atoms with Gasteiger partial charge >= 0.3 is 0 Å². The molecular formula is C18H19NO2. The molecule has 2 aromatic rings. The van der Waals surface area contributed by atoms with E-state index in [4.69, 9.17) is 4.74 Å². The van der Waals surface area contributed by atoms with Crippen LogP contribution in [-0.2, 0) is 11.2 Å². The highest BCUT2D eigenvalue weighted by molar-refractivity contribution is 5.98. The Morgan fingerprint density at radius 1 is 1.14 bits per heavy atom. The standard InChI is InChI=1S/C18H19NO2/c1-13-7-3-6-10-17(13)21-14(2)18(20)19-12-11-15-8-4-5-9-16(15)19/h3-10,14H,11-12H2,1-2H3/t14-/m1/s1. The second-order valence-corrected chi connectivity index (χ2v) is 5.39. The molecule has 3 nitrogen and oxygen atoms in total. The zero-order chi connectivity index (χ0) is 14.8. The van der Waals surface area contributed by atoms with Crippen LogP contribution in [0.1, 0.15) is 18.1 Å². The highest BCUT2D eigenvalue weighted by Crippen LogP contribution is 2.28. The Hall–Kier alpha value is -2.29. The quantitative estimate of drug-likeness (QED) is 0.863. The Balaban J connectivity index is 1.76. The molecule has 21 heavy (non-hydrogen) atoms. The smallest absolute Gasteiger partial charge is 0.267 e. The van der Waals surface area contributed by atoms with Gasteiger partial charge in [0.1, 0.15) is 5.75 Å². The van der Waals surface area contributed by atoms with E-state index >= 15 is 0 Å². The number of benzene rings is 2. The van der Waals surface area contributed by atoms with E-state index in [9.17, 15) is 4.79 Å². The number of nitrogens with zero attached hydrogens (tertiary/aromatic N) is 1. The summed E-state index contributed by atoms with van der Waals surface area (Å²) in [6.07, 6.45) is 0.427. The zero-order valence-corrected chi connectivity index (χ0v) is 12.4. The Bertz CT molecular complexity index is 666. The number of hydrogen-bond donors (Lipinski definition) is 0. The second kappa shape index (κ2) is 5.60. The van der Waals surface area contributed by atoms with Crippen molar-refractivity contribution < 1.29 is 9.53 Å². The van der Waals surface area contributed by atoms with Crippen molar-refractivity contribution in [3.63, 3.8) is 0 Å². The molecule has 0 N–H and O–H groups in total. The van der Waals surface area contributed by atoms with Crippen LogP contribution in [0.4, 0.5) is 5.69 Å². The third-order valence-corrected chi connectivity index (χ3v) is 3.90. The van der Waals surface area contributed by atoms with Crippen LogP contribution < -0.4 is 9.64 Å². The van der Waals surface area contributed by atoms with Crippen LogP contribution in [0.5, 0.6) is 5.75 Å². The second-order valence-electron chi connectivity index (χ2n) is 5.39. The lowest BCUT2D eigenvalue weighted by molar-refractivity contribution is -0.124. The third kappa shape index (κ3) is 2.64. The van der Waals surface area contributed by atoms with Crippen molar-refractivity contribution in [3.8, 4) is 5.75 Å². The number of ether oxygens (including phenoxy) is 1. The van der Waals surface area contributed by atoms with Gasteiger partial charge in [0.25, 0.3) is 5.91 Å². The normalized spacial score (nSPS) is 14.7. The molecule has 1 heterocycles. The summed E-state index contributed by atoms with van der Waals surface area (Å²) in [6.45, 7) is 4.53. The predicted molar refractivity (Wildman–Crippen MR) is 83.8 cm³/mol. The molecule has 0 fully saturated rings. The first kappa shape index (κ1) is 13.7. The molecule has 3 heteroatoms. The lowest BCUT2D eigenvalue weighted by Gasteiger charge is -2.23. The van der Waals surface area contributed by atoms with Gasteiger partial charge in [-0.25, -0.2) is 0 Å². The largest absolute Gasteiger partial charge is 0.481 e. The van der Waals surface area contributed by atoms with Crippen molar-refractivity contribution in [3.05, 3.63) is 59.7 Å². The number of fused-ring (bicyclic) bond motifs is 1. The maximum atomic E-state index is 12.6. The Labute approximate surface area is 125 Å².